The molecule has 1 rings (SSSR count). The maximum atomic E-state index is 11.5. The van der Waals surface area contributed by atoms with Gasteiger partial charge in [-0.25, -0.2) is 4.79 Å². The number of alkyl carbamates (subject to hydrolysis) is 1. The number of ether oxygens (including phenoxy) is 1. The molecule has 2 N–H and O–H groups in total. The van der Waals surface area contributed by atoms with Gasteiger partial charge in [0.25, 0.3) is 0 Å². The van der Waals surface area contributed by atoms with E-state index in [9.17, 15) is 4.79 Å². The van der Waals surface area contributed by atoms with Crippen LogP contribution in [0.1, 0.15) is 25.8 Å². The Kier molecular flexibility index (Phi) is 6.22. The minimum atomic E-state index is -0.487. The van der Waals surface area contributed by atoms with Crippen LogP contribution in [-0.4, -0.2) is 23.8 Å². The van der Waals surface area contributed by atoms with Crippen LogP contribution in [0, 0.1) is 5.92 Å². The van der Waals surface area contributed by atoms with Gasteiger partial charge in [-0.05, 0) is 17.9 Å². The molecule has 1 aromatic carbocycles. The van der Waals surface area contributed by atoms with Crippen molar-refractivity contribution in [2.75, 3.05) is 6.61 Å². The number of aliphatic hydroxyl groups excluding tert-OH is 1. The smallest absolute Gasteiger partial charge is 0.407 e. The van der Waals surface area contributed by atoms with Gasteiger partial charge < -0.3 is 15.2 Å². The van der Waals surface area contributed by atoms with Crippen LogP contribution in [0.5, 0.6) is 0 Å². The van der Waals surface area contributed by atoms with Gasteiger partial charge in [0, 0.05) is 0 Å². The highest BCUT2D eigenvalue weighted by Gasteiger charge is 2.13. The fourth-order valence-electron chi connectivity index (χ4n) is 1.68. The highest BCUT2D eigenvalue weighted by molar-refractivity contribution is 5.67. The molecule has 100 valence electrons. The van der Waals surface area contributed by atoms with Crippen molar-refractivity contribution in [2.24, 2.45) is 5.92 Å². The molecular weight excluding hydrogens is 230 g/mol. The zero-order valence-electron chi connectivity index (χ0n) is 10.9. The minimum Gasteiger partial charge on any atom is -0.445 e. The van der Waals surface area contributed by atoms with Crippen molar-refractivity contribution < 1.29 is 14.6 Å². The predicted molar refractivity (Wildman–Crippen MR) is 70.1 cm³/mol. The molecule has 0 saturated heterocycles. The first kappa shape index (κ1) is 14.5. The molecule has 18 heavy (non-hydrogen) atoms. The molecule has 0 bridgehead atoms. The van der Waals surface area contributed by atoms with Crippen LogP contribution in [-0.2, 0) is 11.3 Å². The molecule has 0 radical (unpaired) electrons. The minimum absolute atomic E-state index is 0.0708. The number of benzene rings is 1. The number of rotatable bonds is 6. The average Bonchev–Trinajstić information content (AvgIpc) is 2.36. The number of hydrogen-bond acceptors (Lipinski definition) is 3. The summed E-state index contributed by atoms with van der Waals surface area (Å²) in [6.45, 7) is 4.25. The third-order valence-corrected chi connectivity index (χ3v) is 2.51. The van der Waals surface area contributed by atoms with Crippen molar-refractivity contribution in [3.63, 3.8) is 0 Å². The van der Waals surface area contributed by atoms with Gasteiger partial charge in [-0.2, -0.15) is 0 Å². The lowest BCUT2D eigenvalue weighted by molar-refractivity contribution is 0.126. The van der Waals surface area contributed by atoms with E-state index in [1.165, 1.54) is 0 Å². The molecule has 0 saturated carbocycles. The first-order valence-corrected chi connectivity index (χ1v) is 6.20. The Morgan fingerprint density at radius 2 is 2.00 bits per heavy atom. The molecule has 1 aromatic rings. The van der Waals surface area contributed by atoms with Gasteiger partial charge in [-0.3, -0.25) is 0 Å². The summed E-state index contributed by atoms with van der Waals surface area (Å²) in [5, 5.41) is 11.8. The highest BCUT2D eigenvalue weighted by Crippen LogP contribution is 2.05. The van der Waals surface area contributed by atoms with E-state index in [4.69, 9.17) is 9.84 Å². The average molecular weight is 251 g/mol. The van der Waals surface area contributed by atoms with Crippen molar-refractivity contribution in [3.05, 3.63) is 35.9 Å². The van der Waals surface area contributed by atoms with Crippen LogP contribution >= 0.6 is 0 Å². The molecule has 0 unspecified atom stereocenters. The van der Waals surface area contributed by atoms with Crippen molar-refractivity contribution in [1.82, 2.24) is 5.32 Å². The first-order valence-electron chi connectivity index (χ1n) is 6.20. The number of hydrogen-bond donors (Lipinski definition) is 2. The molecular formula is C14H21NO3. The normalized spacial score (nSPS) is 12.2. The van der Waals surface area contributed by atoms with Crippen LogP contribution in [0.4, 0.5) is 4.79 Å². The summed E-state index contributed by atoms with van der Waals surface area (Å²) in [6, 6.07) is 9.25. The number of aliphatic hydroxyl groups is 1. The van der Waals surface area contributed by atoms with Gasteiger partial charge in [0.15, 0.2) is 0 Å². The van der Waals surface area contributed by atoms with E-state index in [1.807, 2.05) is 44.2 Å². The van der Waals surface area contributed by atoms with E-state index >= 15 is 0 Å². The Bertz CT molecular complexity index is 351. The maximum absolute atomic E-state index is 11.5. The molecule has 0 spiro atoms. The predicted octanol–water partition coefficient (Wildman–Crippen LogP) is 2.32. The summed E-state index contributed by atoms with van der Waals surface area (Å²) in [4.78, 5) is 11.5. The fourth-order valence-corrected chi connectivity index (χ4v) is 1.68. The van der Waals surface area contributed by atoms with E-state index in [0.717, 1.165) is 12.0 Å². The van der Waals surface area contributed by atoms with E-state index in [2.05, 4.69) is 5.32 Å². The molecule has 1 amide bonds. The van der Waals surface area contributed by atoms with Crippen molar-refractivity contribution in [2.45, 2.75) is 32.9 Å². The van der Waals surface area contributed by atoms with E-state index < -0.39 is 6.09 Å². The third kappa shape index (κ3) is 5.68. The Morgan fingerprint density at radius 3 is 2.56 bits per heavy atom. The van der Waals surface area contributed by atoms with Crippen LogP contribution in [0.3, 0.4) is 0 Å². The number of carbonyl (C=O) groups is 1. The molecule has 0 heterocycles. The van der Waals surface area contributed by atoms with Gasteiger partial charge in [0.05, 0.1) is 12.6 Å². The number of nitrogens with one attached hydrogen (secondary N) is 1. The van der Waals surface area contributed by atoms with E-state index in [1.54, 1.807) is 0 Å². The second-order valence-electron chi connectivity index (χ2n) is 4.72. The lowest BCUT2D eigenvalue weighted by Gasteiger charge is -2.17. The van der Waals surface area contributed by atoms with Crippen molar-refractivity contribution in [3.8, 4) is 0 Å². The zero-order chi connectivity index (χ0) is 13.4. The highest BCUT2D eigenvalue weighted by atomic mass is 16.5. The monoisotopic (exact) mass is 251 g/mol. The van der Waals surface area contributed by atoms with E-state index in [-0.39, 0.29) is 19.3 Å². The molecule has 0 aliphatic carbocycles. The largest absolute Gasteiger partial charge is 0.445 e. The Labute approximate surface area is 108 Å². The summed E-state index contributed by atoms with van der Waals surface area (Å²) in [7, 11) is 0. The van der Waals surface area contributed by atoms with Crippen LogP contribution in [0.15, 0.2) is 30.3 Å². The lowest BCUT2D eigenvalue weighted by atomic mass is 10.0. The summed E-state index contributed by atoms with van der Waals surface area (Å²) in [5.74, 6) is 0.413. The summed E-state index contributed by atoms with van der Waals surface area (Å²) in [6.07, 6.45) is 0.246. The summed E-state index contributed by atoms with van der Waals surface area (Å²) < 4.78 is 5.08. The second-order valence-corrected chi connectivity index (χ2v) is 4.72. The Balaban J connectivity index is 2.32. The fraction of sp³-hybridized carbons (Fsp3) is 0.500. The van der Waals surface area contributed by atoms with Crippen LogP contribution < -0.4 is 5.32 Å². The third-order valence-electron chi connectivity index (χ3n) is 2.51. The Hall–Kier alpha value is -1.55. The van der Waals surface area contributed by atoms with Gasteiger partial charge in [-0.15, -0.1) is 0 Å². The lowest BCUT2D eigenvalue weighted by Crippen LogP contribution is -2.38. The zero-order valence-corrected chi connectivity index (χ0v) is 10.9. The summed E-state index contributed by atoms with van der Waals surface area (Å²) in [5.41, 5.74) is 0.942. The number of amides is 1. The topological polar surface area (TPSA) is 58.6 Å². The van der Waals surface area contributed by atoms with Gasteiger partial charge in [-0.1, -0.05) is 44.2 Å². The van der Waals surface area contributed by atoms with Crippen molar-refractivity contribution in [1.29, 1.82) is 0 Å². The molecule has 0 aliphatic heterocycles. The van der Waals surface area contributed by atoms with E-state index in [0.29, 0.717) is 5.92 Å². The molecule has 0 fully saturated rings. The summed E-state index contributed by atoms with van der Waals surface area (Å²) >= 11 is 0. The SMILES string of the molecule is CC(C)C[C@@H](CO)NC(=O)OCc1ccccc1. The second kappa shape index (κ2) is 7.71. The quantitative estimate of drug-likeness (QED) is 0.815. The first-order chi connectivity index (χ1) is 8.61. The maximum Gasteiger partial charge on any atom is 0.407 e. The Morgan fingerprint density at radius 1 is 1.33 bits per heavy atom. The van der Waals surface area contributed by atoms with Gasteiger partial charge in [0.1, 0.15) is 6.61 Å². The molecule has 0 aromatic heterocycles. The van der Waals surface area contributed by atoms with Gasteiger partial charge >= 0.3 is 6.09 Å². The van der Waals surface area contributed by atoms with Crippen LogP contribution in [0.2, 0.25) is 0 Å². The molecule has 0 aliphatic rings. The molecule has 4 heteroatoms. The number of carbonyl (C=O) groups excluding carboxylic acids is 1. The molecule has 4 nitrogen and oxygen atoms in total. The van der Waals surface area contributed by atoms with Gasteiger partial charge in [0.2, 0.25) is 0 Å². The molecule has 1 atom stereocenters. The van der Waals surface area contributed by atoms with Crippen molar-refractivity contribution >= 4 is 6.09 Å². The standard InChI is InChI=1S/C14H21NO3/c1-11(2)8-13(9-16)15-14(17)18-10-12-6-4-3-5-7-12/h3-7,11,13,16H,8-10H2,1-2H3,(H,15,17)/t13-/m0/s1. The van der Waals surface area contributed by atoms with Crippen LogP contribution in [0.25, 0.3) is 0 Å².